The summed E-state index contributed by atoms with van der Waals surface area (Å²) in [5.74, 6) is 0.625. The fourth-order valence-electron chi connectivity index (χ4n) is 4.53. The molecular weight excluding hydrogens is 308 g/mol. The van der Waals surface area contributed by atoms with Crippen LogP contribution in [0, 0.1) is 11.8 Å². The van der Waals surface area contributed by atoms with Crippen molar-refractivity contribution >= 4 is 0 Å². The van der Waals surface area contributed by atoms with E-state index in [2.05, 4.69) is 77.4 Å². The van der Waals surface area contributed by atoms with Crippen LogP contribution in [0.15, 0.2) is 60.7 Å². The Labute approximate surface area is 150 Å². The number of hydrogen-bond acceptors (Lipinski definition) is 3. The molecule has 0 saturated carbocycles. The number of hydrogen-bond donors (Lipinski definition) is 1. The summed E-state index contributed by atoms with van der Waals surface area (Å²) < 4.78 is 0. The molecule has 2 aromatic rings. The topological polar surface area (TPSA) is 26.7 Å². The first kappa shape index (κ1) is 16.8. The molecule has 2 aliphatic heterocycles. The number of fused-ring (bicyclic) bond motifs is 2. The second kappa shape index (κ2) is 6.91. The lowest BCUT2D eigenvalue weighted by molar-refractivity contribution is -0.150. The predicted octanol–water partition coefficient (Wildman–Crippen LogP) is 3.00. The third-order valence-electron chi connectivity index (χ3n) is 6.07. The van der Waals surface area contributed by atoms with Gasteiger partial charge in [-0.1, -0.05) is 60.7 Å². The van der Waals surface area contributed by atoms with Crippen molar-refractivity contribution in [2.75, 3.05) is 26.2 Å². The standard InChI is InChI=1S/C22H28N2O/c1-22(25)20-14-23(12-18-8-4-2-5-9-18)15-21(22)17-24(16-20)13-19-10-6-3-7-11-19/h2-11,20-21,25H,12-17H2,1H3. The fraction of sp³-hybridized carbons (Fsp3) is 0.455. The molecule has 0 atom stereocenters. The number of piperidine rings is 2. The summed E-state index contributed by atoms with van der Waals surface area (Å²) in [4.78, 5) is 5.06. The van der Waals surface area contributed by atoms with Crippen LogP contribution >= 0.6 is 0 Å². The first-order chi connectivity index (χ1) is 12.1. The van der Waals surface area contributed by atoms with Crippen LogP contribution in [0.5, 0.6) is 0 Å². The van der Waals surface area contributed by atoms with Gasteiger partial charge in [0, 0.05) is 51.1 Å². The summed E-state index contributed by atoms with van der Waals surface area (Å²) in [6, 6.07) is 21.4. The van der Waals surface area contributed by atoms with Crippen LogP contribution in [0.25, 0.3) is 0 Å². The zero-order chi connectivity index (χ0) is 17.3. The molecule has 0 amide bonds. The van der Waals surface area contributed by atoms with Gasteiger partial charge in [0.05, 0.1) is 5.60 Å². The van der Waals surface area contributed by atoms with Crippen LogP contribution in [0.4, 0.5) is 0 Å². The molecule has 2 fully saturated rings. The summed E-state index contributed by atoms with van der Waals surface area (Å²) in [6.07, 6.45) is 0. The molecule has 1 N–H and O–H groups in total. The van der Waals surface area contributed by atoms with E-state index in [-0.39, 0.29) is 0 Å². The van der Waals surface area contributed by atoms with E-state index in [1.807, 2.05) is 0 Å². The van der Waals surface area contributed by atoms with Crippen molar-refractivity contribution in [3.05, 3.63) is 71.8 Å². The SMILES string of the molecule is CC1(O)C2CN(Cc3ccccc3)CC1CN(Cc1ccccc1)C2. The lowest BCUT2D eigenvalue weighted by atomic mass is 9.71. The maximum Gasteiger partial charge on any atom is 0.0724 e. The molecule has 25 heavy (non-hydrogen) atoms. The molecule has 0 radical (unpaired) electrons. The molecule has 4 rings (SSSR count). The van der Waals surface area contributed by atoms with Crippen LogP contribution in [0.1, 0.15) is 18.1 Å². The minimum atomic E-state index is -0.541. The number of nitrogens with zero attached hydrogens (tertiary/aromatic N) is 2. The molecule has 2 saturated heterocycles. The van der Waals surface area contributed by atoms with Gasteiger partial charge < -0.3 is 5.11 Å². The molecule has 0 spiro atoms. The first-order valence-electron chi connectivity index (χ1n) is 9.36. The van der Waals surface area contributed by atoms with Gasteiger partial charge in [-0.2, -0.15) is 0 Å². The Morgan fingerprint density at radius 3 is 1.48 bits per heavy atom. The summed E-state index contributed by atoms with van der Waals surface area (Å²) in [5.41, 5.74) is 2.19. The maximum atomic E-state index is 11.1. The van der Waals surface area contributed by atoms with E-state index in [1.165, 1.54) is 11.1 Å². The maximum absolute atomic E-state index is 11.1. The van der Waals surface area contributed by atoms with Gasteiger partial charge >= 0.3 is 0 Å². The largest absolute Gasteiger partial charge is 0.389 e. The molecular formula is C22H28N2O. The average Bonchev–Trinajstić information content (AvgIpc) is 2.59. The number of aliphatic hydroxyl groups is 1. The quantitative estimate of drug-likeness (QED) is 0.930. The summed E-state index contributed by atoms with van der Waals surface area (Å²) in [7, 11) is 0. The Morgan fingerprint density at radius 1 is 0.760 bits per heavy atom. The molecule has 3 nitrogen and oxygen atoms in total. The Bertz CT molecular complexity index is 614. The average molecular weight is 336 g/mol. The summed E-state index contributed by atoms with van der Waals surface area (Å²) >= 11 is 0. The summed E-state index contributed by atoms with van der Waals surface area (Å²) in [6.45, 7) is 7.94. The van der Waals surface area contributed by atoms with Gasteiger partial charge in [-0.15, -0.1) is 0 Å². The van der Waals surface area contributed by atoms with Crippen molar-refractivity contribution in [2.24, 2.45) is 11.8 Å². The zero-order valence-corrected chi connectivity index (χ0v) is 15.0. The van der Waals surface area contributed by atoms with Crippen LogP contribution in [-0.4, -0.2) is 46.7 Å². The van der Waals surface area contributed by atoms with E-state index < -0.39 is 5.60 Å². The van der Waals surface area contributed by atoms with Crippen LogP contribution < -0.4 is 0 Å². The Morgan fingerprint density at radius 2 is 1.12 bits per heavy atom. The van der Waals surface area contributed by atoms with Gasteiger partial charge in [0.1, 0.15) is 0 Å². The lowest BCUT2D eigenvalue weighted by Gasteiger charge is -2.54. The second-order valence-corrected chi connectivity index (χ2v) is 7.98. The van der Waals surface area contributed by atoms with E-state index in [0.717, 1.165) is 39.3 Å². The van der Waals surface area contributed by atoms with Gasteiger partial charge in [0.25, 0.3) is 0 Å². The van der Waals surface area contributed by atoms with E-state index in [9.17, 15) is 5.11 Å². The first-order valence-corrected chi connectivity index (χ1v) is 9.36. The van der Waals surface area contributed by atoms with Crippen molar-refractivity contribution in [1.29, 1.82) is 0 Å². The second-order valence-electron chi connectivity index (χ2n) is 7.98. The Balaban J connectivity index is 1.44. The van der Waals surface area contributed by atoms with Crippen molar-refractivity contribution in [1.82, 2.24) is 9.80 Å². The van der Waals surface area contributed by atoms with E-state index in [1.54, 1.807) is 0 Å². The van der Waals surface area contributed by atoms with Gasteiger partial charge in [-0.05, 0) is 18.1 Å². The third-order valence-corrected chi connectivity index (χ3v) is 6.07. The van der Waals surface area contributed by atoms with Gasteiger partial charge in [0.15, 0.2) is 0 Å². The number of benzene rings is 2. The molecule has 0 aromatic heterocycles. The van der Waals surface area contributed by atoms with Crippen molar-refractivity contribution in [3.8, 4) is 0 Å². The molecule has 3 heteroatoms. The highest BCUT2D eigenvalue weighted by Gasteiger charge is 2.49. The smallest absolute Gasteiger partial charge is 0.0724 e. The predicted molar refractivity (Wildman–Crippen MR) is 101 cm³/mol. The van der Waals surface area contributed by atoms with Crippen LogP contribution in [-0.2, 0) is 13.1 Å². The Hall–Kier alpha value is -1.68. The van der Waals surface area contributed by atoms with Crippen molar-refractivity contribution < 1.29 is 5.11 Å². The molecule has 2 heterocycles. The van der Waals surface area contributed by atoms with Crippen LogP contribution in [0.2, 0.25) is 0 Å². The Kier molecular flexibility index (Phi) is 4.63. The zero-order valence-electron chi connectivity index (χ0n) is 15.0. The number of likely N-dealkylation sites (tertiary alicyclic amines) is 2. The van der Waals surface area contributed by atoms with Gasteiger partial charge in [-0.25, -0.2) is 0 Å². The van der Waals surface area contributed by atoms with E-state index in [4.69, 9.17) is 0 Å². The van der Waals surface area contributed by atoms with Gasteiger partial charge in [-0.3, -0.25) is 9.80 Å². The molecule has 132 valence electrons. The summed E-state index contributed by atoms with van der Waals surface area (Å²) in [5, 5.41) is 11.1. The van der Waals surface area contributed by atoms with Crippen LogP contribution in [0.3, 0.4) is 0 Å². The molecule has 0 aliphatic carbocycles. The highest BCUT2D eigenvalue weighted by atomic mass is 16.3. The van der Waals surface area contributed by atoms with E-state index >= 15 is 0 Å². The minimum absolute atomic E-state index is 0.312. The molecule has 2 aliphatic rings. The lowest BCUT2D eigenvalue weighted by Crippen LogP contribution is -2.65. The minimum Gasteiger partial charge on any atom is -0.389 e. The van der Waals surface area contributed by atoms with Gasteiger partial charge in [0.2, 0.25) is 0 Å². The van der Waals surface area contributed by atoms with E-state index in [0.29, 0.717) is 11.8 Å². The monoisotopic (exact) mass is 336 g/mol. The molecule has 2 aromatic carbocycles. The van der Waals surface area contributed by atoms with Crippen molar-refractivity contribution in [2.45, 2.75) is 25.6 Å². The number of rotatable bonds is 4. The fourth-order valence-corrected chi connectivity index (χ4v) is 4.53. The third kappa shape index (κ3) is 3.64. The van der Waals surface area contributed by atoms with Crippen molar-refractivity contribution in [3.63, 3.8) is 0 Å². The highest BCUT2D eigenvalue weighted by Crippen LogP contribution is 2.38. The molecule has 0 unspecified atom stereocenters. The molecule has 2 bridgehead atoms. The highest BCUT2D eigenvalue weighted by molar-refractivity contribution is 5.16. The normalized spacial score (nSPS) is 30.3.